The summed E-state index contributed by atoms with van der Waals surface area (Å²) in [5, 5.41) is 28.0. The standard InChI is InChI=1S/C4H8O2.4CH4O/c1-3-6-4(2)5;4*1-2/h3H2,1-2H3;4*2H,1H3. The average Bonchev–Trinajstić information content (AvgIpc) is 2.29. The van der Waals surface area contributed by atoms with Crippen molar-refractivity contribution in [3.63, 3.8) is 0 Å². The molecule has 0 rings (SSSR count). The molecule has 0 aromatic carbocycles. The van der Waals surface area contributed by atoms with E-state index in [0.29, 0.717) is 6.61 Å². The van der Waals surface area contributed by atoms with E-state index in [4.69, 9.17) is 20.4 Å². The molecule has 0 amide bonds. The SMILES string of the molecule is CCOC(C)=O.CO.CO.CO.CO. The fourth-order valence-electron chi connectivity index (χ4n) is 0.203. The smallest absolute Gasteiger partial charge is 0.302 e. The zero-order valence-corrected chi connectivity index (χ0v) is 9.81. The molecule has 0 heterocycles. The summed E-state index contributed by atoms with van der Waals surface area (Å²) in [6.07, 6.45) is 0. The monoisotopic (exact) mass is 216 g/mol. The summed E-state index contributed by atoms with van der Waals surface area (Å²) in [5.41, 5.74) is 0. The van der Waals surface area contributed by atoms with Gasteiger partial charge in [0.2, 0.25) is 0 Å². The van der Waals surface area contributed by atoms with Crippen LogP contribution in [0.2, 0.25) is 0 Å². The molecule has 0 bridgehead atoms. The van der Waals surface area contributed by atoms with Gasteiger partial charge in [0, 0.05) is 35.4 Å². The lowest BCUT2D eigenvalue weighted by Crippen LogP contribution is -1.95. The third kappa shape index (κ3) is 225. The fraction of sp³-hybridized carbons (Fsp3) is 0.875. The van der Waals surface area contributed by atoms with Crippen LogP contribution in [0.3, 0.4) is 0 Å². The van der Waals surface area contributed by atoms with E-state index in [9.17, 15) is 4.79 Å². The summed E-state index contributed by atoms with van der Waals surface area (Å²) in [6, 6.07) is 0. The molecular formula is C8H24O6. The van der Waals surface area contributed by atoms with Crippen molar-refractivity contribution in [2.45, 2.75) is 13.8 Å². The Labute approximate surface area is 85.8 Å². The number of aliphatic hydroxyl groups excluding tert-OH is 4. The van der Waals surface area contributed by atoms with Crippen LogP contribution in [0.4, 0.5) is 0 Å². The maximum atomic E-state index is 9.82. The first-order valence-corrected chi connectivity index (χ1v) is 3.69. The number of esters is 1. The second-order valence-corrected chi connectivity index (χ2v) is 0.925. The topological polar surface area (TPSA) is 107 Å². The summed E-state index contributed by atoms with van der Waals surface area (Å²) in [4.78, 5) is 9.82. The van der Waals surface area contributed by atoms with Gasteiger partial charge >= 0.3 is 5.97 Å². The number of ether oxygens (including phenoxy) is 1. The van der Waals surface area contributed by atoms with Gasteiger partial charge in [0.15, 0.2) is 0 Å². The van der Waals surface area contributed by atoms with Gasteiger partial charge in [-0.15, -0.1) is 0 Å². The van der Waals surface area contributed by atoms with E-state index >= 15 is 0 Å². The van der Waals surface area contributed by atoms with Gasteiger partial charge in [0.05, 0.1) is 6.61 Å². The molecule has 0 atom stereocenters. The summed E-state index contributed by atoms with van der Waals surface area (Å²) >= 11 is 0. The van der Waals surface area contributed by atoms with Crippen LogP contribution in [-0.4, -0.2) is 61.4 Å². The number of hydrogen-bond donors (Lipinski definition) is 4. The maximum Gasteiger partial charge on any atom is 0.302 e. The predicted molar refractivity (Wildman–Crippen MR) is 54.9 cm³/mol. The Bertz CT molecular complexity index is 57.8. The zero-order valence-electron chi connectivity index (χ0n) is 9.81. The zero-order chi connectivity index (χ0) is 13.0. The van der Waals surface area contributed by atoms with Crippen LogP contribution >= 0.6 is 0 Å². The molecule has 4 N–H and O–H groups in total. The Balaban J connectivity index is -0.0000000287. The summed E-state index contributed by atoms with van der Waals surface area (Å²) in [7, 11) is 4.00. The summed E-state index contributed by atoms with van der Waals surface area (Å²) in [5.74, 6) is -0.211. The maximum absolute atomic E-state index is 9.82. The molecule has 0 aliphatic carbocycles. The minimum atomic E-state index is -0.211. The van der Waals surface area contributed by atoms with E-state index in [1.54, 1.807) is 6.92 Å². The molecule has 14 heavy (non-hydrogen) atoms. The highest BCUT2D eigenvalue weighted by Gasteiger charge is 1.81. The highest BCUT2D eigenvalue weighted by molar-refractivity contribution is 5.65. The predicted octanol–water partition coefficient (Wildman–Crippen LogP) is -0.997. The highest BCUT2D eigenvalue weighted by atomic mass is 16.5. The average molecular weight is 216 g/mol. The van der Waals surface area contributed by atoms with Gasteiger partial charge in [0.1, 0.15) is 0 Å². The van der Waals surface area contributed by atoms with Crippen molar-refractivity contribution in [2.24, 2.45) is 0 Å². The molecule has 0 aromatic heterocycles. The fourth-order valence-corrected chi connectivity index (χ4v) is 0.203. The van der Waals surface area contributed by atoms with Crippen LogP contribution in [0.15, 0.2) is 0 Å². The lowest BCUT2D eigenvalue weighted by molar-refractivity contribution is -0.140. The number of rotatable bonds is 1. The van der Waals surface area contributed by atoms with Crippen LogP contribution < -0.4 is 0 Å². The molecule has 0 aromatic rings. The first kappa shape index (κ1) is 29.2. The first-order valence-electron chi connectivity index (χ1n) is 3.69. The second-order valence-electron chi connectivity index (χ2n) is 0.925. The quantitative estimate of drug-likeness (QED) is 0.419. The van der Waals surface area contributed by atoms with E-state index in [0.717, 1.165) is 28.4 Å². The van der Waals surface area contributed by atoms with Crippen molar-refractivity contribution in [1.29, 1.82) is 0 Å². The molecule has 92 valence electrons. The molecule has 0 saturated carbocycles. The summed E-state index contributed by atoms with van der Waals surface area (Å²) in [6.45, 7) is 3.65. The van der Waals surface area contributed by atoms with E-state index in [2.05, 4.69) is 4.74 Å². The van der Waals surface area contributed by atoms with Gasteiger partial charge in [-0.1, -0.05) is 0 Å². The molecular weight excluding hydrogens is 192 g/mol. The minimum absolute atomic E-state index is 0.211. The highest BCUT2D eigenvalue weighted by Crippen LogP contribution is 1.69. The van der Waals surface area contributed by atoms with Gasteiger partial charge in [-0.05, 0) is 6.92 Å². The Morgan fingerprint density at radius 2 is 1.14 bits per heavy atom. The lowest BCUT2D eigenvalue weighted by atomic mass is 10.8. The van der Waals surface area contributed by atoms with Crippen molar-refractivity contribution in [2.75, 3.05) is 35.0 Å². The van der Waals surface area contributed by atoms with Gasteiger partial charge < -0.3 is 25.2 Å². The van der Waals surface area contributed by atoms with Crippen molar-refractivity contribution >= 4 is 5.97 Å². The molecule has 0 spiro atoms. The van der Waals surface area contributed by atoms with Gasteiger partial charge in [0.25, 0.3) is 0 Å². The Kier molecular flexibility index (Phi) is 177. The largest absolute Gasteiger partial charge is 0.466 e. The van der Waals surface area contributed by atoms with Crippen LogP contribution in [0.25, 0.3) is 0 Å². The van der Waals surface area contributed by atoms with E-state index in [-0.39, 0.29) is 5.97 Å². The molecule has 6 nitrogen and oxygen atoms in total. The third-order valence-electron chi connectivity index (χ3n) is 0.348. The summed E-state index contributed by atoms with van der Waals surface area (Å²) < 4.78 is 4.40. The number of carbonyl (C=O) groups excluding carboxylic acids is 1. The number of hydrogen-bond acceptors (Lipinski definition) is 6. The van der Waals surface area contributed by atoms with Crippen LogP contribution in [-0.2, 0) is 9.53 Å². The number of carbonyl (C=O) groups is 1. The Morgan fingerprint density at radius 3 is 1.14 bits per heavy atom. The minimum Gasteiger partial charge on any atom is -0.466 e. The second kappa shape index (κ2) is 84.8. The van der Waals surface area contributed by atoms with Crippen molar-refractivity contribution in [3.05, 3.63) is 0 Å². The Hall–Kier alpha value is -0.690. The number of aliphatic hydroxyl groups is 4. The normalized spacial score (nSPS) is 5.00. The molecule has 0 aliphatic heterocycles. The molecule has 0 radical (unpaired) electrons. The Morgan fingerprint density at radius 1 is 0.929 bits per heavy atom. The van der Waals surface area contributed by atoms with Gasteiger partial charge in [-0.3, -0.25) is 4.79 Å². The lowest BCUT2D eigenvalue weighted by Gasteiger charge is -1.89. The van der Waals surface area contributed by atoms with Gasteiger partial charge in [-0.2, -0.15) is 0 Å². The van der Waals surface area contributed by atoms with Crippen molar-refractivity contribution in [3.8, 4) is 0 Å². The van der Waals surface area contributed by atoms with E-state index < -0.39 is 0 Å². The van der Waals surface area contributed by atoms with Crippen LogP contribution in [0, 0.1) is 0 Å². The molecule has 6 heteroatoms. The van der Waals surface area contributed by atoms with Crippen LogP contribution in [0.5, 0.6) is 0 Å². The molecule has 0 aliphatic rings. The van der Waals surface area contributed by atoms with Crippen molar-refractivity contribution < 1.29 is 30.0 Å². The van der Waals surface area contributed by atoms with Gasteiger partial charge in [-0.25, -0.2) is 0 Å². The van der Waals surface area contributed by atoms with E-state index in [1.165, 1.54) is 6.92 Å². The first-order chi connectivity index (χ1) is 6.77. The molecule has 0 unspecified atom stereocenters. The van der Waals surface area contributed by atoms with E-state index in [1.807, 2.05) is 0 Å². The molecule has 0 saturated heterocycles. The van der Waals surface area contributed by atoms with Crippen molar-refractivity contribution in [1.82, 2.24) is 0 Å². The van der Waals surface area contributed by atoms with Crippen LogP contribution in [0.1, 0.15) is 13.8 Å². The molecule has 0 fully saturated rings. The third-order valence-corrected chi connectivity index (χ3v) is 0.348.